The van der Waals surface area contributed by atoms with Crippen molar-refractivity contribution in [1.82, 2.24) is 20.2 Å². The predicted octanol–water partition coefficient (Wildman–Crippen LogP) is -0.522. The van der Waals surface area contributed by atoms with Crippen molar-refractivity contribution < 1.29 is 19.4 Å². The second kappa shape index (κ2) is 4.49. The first kappa shape index (κ1) is 11.5. The summed E-state index contributed by atoms with van der Waals surface area (Å²) in [7, 11) is 0. The second-order valence-corrected chi connectivity index (χ2v) is 3.18. The number of nitrogens with two attached hydrogens (primary N) is 1. The van der Waals surface area contributed by atoms with Crippen molar-refractivity contribution in [3.63, 3.8) is 0 Å². The highest BCUT2D eigenvalue weighted by molar-refractivity contribution is 5.89. The van der Waals surface area contributed by atoms with Gasteiger partial charge in [-0.05, 0) is 22.6 Å². The number of tetrazole rings is 1. The van der Waals surface area contributed by atoms with Gasteiger partial charge in [0.1, 0.15) is 5.75 Å². The summed E-state index contributed by atoms with van der Waals surface area (Å²) in [6.45, 7) is 0.188. The Balaban J connectivity index is 2.56. The maximum Gasteiger partial charge on any atom is 0.335 e. The van der Waals surface area contributed by atoms with E-state index in [0.29, 0.717) is 0 Å². The van der Waals surface area contributed by atoms with E-state index in [2.05, 4.69) is 20.3 Å². The molecule has 2 aromatic rings. The Labute approximate surface area is 99.8 Å². The number of hydrogen-bond acceptors (Lipinski definition) is 7. The highest BCUT2D eigenvalue weighted by Gasteiger charge is 2.12. The van der Waals surface area contributed by atoms with Gasteiger partial charge in [0.05, 0.1) is 11.3 Å². The maximum atomic E-state index is 10.9. The number of carboxylic acid groups (broad SMARTS) is 1. The fourth-order valence-electron chi connectivity index (χ4n) is 1.33. The molecule has 0 saturated carbocycles. The van der Waals surface area contributed by atoms with Crippen molar-refractivity contribution in [2.75, 3.05) is 5.73 Å². The molecule has 0 aliphatic rings. The van der Waals surface area contributed by atoms with Crippen LogP contribution in [0.15, 0.2) is 18.2 Å². The number of carbonyl (C=O) groups is 2. The van der Waals surface area contributed by atoms with E-state index in [4.69, 9.17) is 10.8 Å². The zero-order valence-corrected chi connectivity index (χ0v) is 8.85. The summed E-state index contributed by atoms with van der Waals surface area (Å²) in [5, 5.41) is 19.3. The molecule has 1 heterocycles. The minimum atomic E-state index is -1.18. The van der Waals surface area contributed by atoms with Gasteiger partial charge >= 0.3 is 5.97 Å². The van der Waals surface area contributed by atoms with E-state index >= 15 is 0 Å². The van der Waals surface area contributed by atoms with Crippen LogP contribution in [-0.2, 0) is 4.79 Å². The Morgan fingerprint density at radius 2 is 2.22 bits per heavy atom. The smallest absolute Gasteiger partial charge is 0.335 e. The van der Waals surface area contributed by atoms with E-state index < -0.39 is 5.97 Å². The molecular weight excluding hydrogens is 242 g/mol. The van der Waals surface area contributed by atoms with Gasteiger partial charge in [-0.1, -0.05) is 5.10 Å². The van der Waals surface area contributed by atoms with Crippen molar-refractivity contribution in [3.05, 3.63) is 23.8 Å². The van der Waals surface area contributed by atoms with Crippen LogP contribution >= 0.6 is 0 Å². The Morgan fingerprint density at radius 3 is 2.78 bits per heavy atom. The van der Waals surface area contributed by atoms with Crippen LogP contribution in [0.4, 0.5) is 5.95 Å². The number of anilines is 1. The lowest BCUT2D eigenvalue weighted by molar-refractivity contribution is -0.120. The normalized spacial score (nSPS) is 10.0. The molecular formula is C9H7N5O4. The summed E-state index contributed by atoms with van der Waals surface area (Å²) < 4.78 is 5.72. The van der Waals surface area contributed by atoms with E-state index in [-0.39, 0.29) is 29.4 Å². The molecule has 0 radical (unpaired) electrons. The zero-order valence-electron chi connectivity index (χ0n) is 8.85. The SMILES string of the molecule is Nc1nnnn1-c1cc(OC=O)cc(C(=O)O)c1. The Bertz CT molecular complexity index is 609. The first-order chi connectivity index (χ1) is 8.61. The molecule has 18 heavy (non-hydrogen) atoms. The summed E-state index contributed by atoms with van der Waals surface area (Å²) >= 11 is 0. The van der Waals surface area contributed by atoms with Gasteiger partial charge in [-0.25, -0.2) is 4.79 Å². The summed E-state index contributed by atoms with van der Waals surface area (Å²) in [5.74, 6) is -1.15. The minimum Gasteiger partial charge on any atom is -0.478 e. The average Bonchev–Trinajstić information content (AvgIpc) is 2.75. The Morgan fingerprint density at radius 1 is 1.44 bits per heavy atom. The number of hydrogen-bond donors (Lipinski definition) is 2. The van der Waals surface area contributed by atoms with Crippen LogP contribution in [0.5, 0.6) is 5.75 Å². The topological polar surface area (TPSA) is 133 Å². The molecule has 0 aliphatic heterocycles. The number of aromatic carboxylic acids is 1. The summed E-state index contributed by atoms with van der Waals surface area (Å²) in [5.41, 5.74) is 5.68. The van der Waals surface area contributed by atoms with E-state index in [9.17, 15) is 9.59 Å². The average molecular weight is 249 g/mol. The fraction of sp³-hybridized carbons (Fsp3) is 0. The molecule has 0 saturated heterocycles. The molecule has 0 aliphatic carbocycles. The first-order valence-corrected chi connectivity index (χ1v) is 4.64. The monoisotopic (exact) mass is 249 g/mol. The number of nitrogens with zero attached hydrogens (tertiary/aromatic N) is 4. The van der Waals surface area contributed by atoms with E-state index in [1.54, 1.807) is 0 Å². The Kier molecular flexibility index (Phi) is 2.87. The minimum absolute atomic E-state index is 0.0189. The number of ether oxygens (including phenoxy) is 1. The third-order valence-electron chi connectivity index (χ3n) is 2.06. The standard InChI is InChI=1S/C9H7N5O4/c10-9-11-12-13-14(9)6-1-5(8(16)17)2-7(3-6)18-4-15/h1-4H,(H,16,17)(H2,10,11,13). The van der Waals surface area contributed by atoms with Crippen LogP contribution in [0.1, 0.15) is 10.4 Å². The third-order valence-corrected chi connectivity index (χ3v) is 2.06. The van der Waals surface area contributed by atoms with E-state index in [0.717, 1.165) is 4.68 Å². The lowest BCUT2D eigenvalue weighted by Gasteiger charge is -2.05. The molecule has 9 nitrogen and oxygen atoms in total. The second-order valence-electron chi connectivity index (χ2n) is 3.18. The van der Waals surface area contributed by atoms with Crippen molar-refractivity contribution >= 4 is 18.4 Å². The van der Waals surface area contributed by atoms with Gasteiger partial charge in [0.25, 0.3) is 6.47 Å². The summed E-state index contributed by atoms with van der Waals surface area (Å²) in [6.07, 6.45) is 0. The van der Waals surface area contributed by atoms with Crippen molar-refractivity contribution in [2.45, 2.75) is 0 Å². The molecule has 0 unspecified atom stereocenters. The number of carboxylic acids is 1. The quantitative estimate of drug-likeness (QED) is 0.691. The molecule has 0 fully saturated rings. The fourth-order valence-corrected chi connectivity index (χ4v) is 1.33. The number of aromatic nitrogens is 4. The first-order valence-electron chi connectivity index (χ1n) is 4.64. The molecule has 3 N–H and O–H groups in total. The van der Waals surface area contributed by atoms with Crippen molar-refractivity contribution in [2.24, 2.45) is 0 Å². The Hall–Kier alpha value is -2.97. The molecule has 2 rings (SSSR count). The molecule has 1 aromatic heterocycles. The van der Waals surface area contributed by atoms with Crippen LogP contribution in [-0.4, -0.2) is 37.8 Å². The van der Waals surface area contributed by atoms with Gasteiger partial charge in [-0.15, -0.1) is 0 Å². The maximum absolute atomic E-state index is 10.9. The number of benzene rings is 1. The third kappa shape index (κ3) is 2.09. The molecule has 9 heteroatoms. The van der Waals surface area contributed by atoms with Crippen LogP contribution in [0.25, 0.3) is 5.69 Å². The van der Waals surface area contributed by atoms with Crippen molar-refractivity contribution in [3.8, 4) is 11.4 Å². The van der Waals surface area contributed by atoms with Gasteiger partial charge in [-0.3, -0.25) is 4.79 Å². The van der Waals surface area contributed by atoms with Crippen LogP contribution in [0, 0.1) is 0 Å². The van der Waals surface area contributed by atoms with Crippen LogP contribution in [0.2, 0.25) is 0 Å². The predicted molar refractivity (Wildman–Crippen MR) is 57.2 cm³/mol. The lowest BCUT2D eigenvalue weighted by atomic mass is 10.2. The van der Waals surface area contributed by atoms with Crippen molar-refractivity contribution in [1.29, 1.82) is 0 Å². The molecule has 0 spiro atoms. The van der Waals surface area contributed by atoms with Gasteiger partial charge in [0.15, 0.2) is 0 Å². The lowest BCUT2D eigenvalue weighted by Crippen LogP contribution is -2.06. The highest BCUT2D eigenvalue weighted by Crippen LogP contribution is 2.20. The number of carbonyl (C=O) groups excluding carboxylic acids is 1. The molecule has 1 aromatic carbocycles. The molecule has 0 amide bonds. The largest absolute Gasteiger partial charge is 0.478 e. The van der Waals surface area contributed by atoms with Gasteiger partial charge in [0.2, 0.25) is 5.95 Å². The molecule has 0 bridgehead atoms. The molecule has 92 valence electrons. The van der Waals surface area contributed by atoms with Gasteiger partial charge < -0.3 is 15.6 Å². The van der Waals surface area contributed by atoms with Crippen LogP contribution in [0.3, 0.4) is 0 Å². The zero-order chi connectivity index (χ0) is 13.1. The number of nitrogen functional groups attached to an aromatic ring is 1. The van der Waals surface area contributed by atoms with Gasteiger partial charge in [-0.2, -0.15) is 4.68 Å². The van der Waals surface area contributed by atoms with Gasteiger partial charge in [0, 0.05) is 6.07 Å². The summed E-state index contributed by atoms with van der Waals surface area (Å²) in [4.78, 5) is 21.2. The van der Waals surface area contributed by atoms with E-state index in [1.165, 1.54) is 18.2 Å². The van der Waals surface area contributed by atoms with Crippen LogP contribution < -0.4 is 10.5 Å². The molecule has 0 atom stereocenters. The van der Waals surface area contributed by atoms with E-state index in [1.807, 2.05) is 0 Å². The summed E-state index contributed by atoms with van der Waals surface area (Å²) in [6, 6.07) is 3.88. The number of rotatable bonds is 4. The highest BCUT2D eigenvalue weighted by atomic mass is 16.5.